The second kappa shape index (κ2) is 41.6. The van der Waals surface area contributed by atoms with Crippen molar-refractivity contribution in [2.24, 2.45) is 0 Å². The number of likely N-dealkylation sites (N-methyl/N-ethyl adjacent to an activating group) is 1. The number of unbranched alkanes of at least 4 members (excludes halogenated alkanes) is 31. The molecule has 1 amide bonds. The number of nitrogens with one attached hydrogen (secondary N) is 1. The number of allylic oxidation sites excluding steroid dienone is 2. The monoisotopic (exact) mass is 843 g/mol. The second-order valence-electron chi connectivity index (χ2n) is 18.5. The van der Waals surface area contributed by atoms with E-state index in [4.69, 9.17) is 9.05 Å². The smallest absolute Gasteiger partial charge is 0.268 e. The van der Waals surface area contributed by atoms with Gasteiger partial charge in [0, 0.05) is 6.42 Å². The van der Waals surface area contributed by atoms with Gasteiger partial charge in [0.25, 0.3) is 7.82 Å². The molecule has 2 N–H and O–H groups in total. The van der Waals surface area contributed by atoms with Gasteiger partial charge >= 0.3 is 0 Å². The Balaban J connectivity index is 4.23. The van der Waals surface area contributed by atoms with E-state index < -0.39 is 20.0 Å². The van der Waals surface area contributed by atoms with Crippen molar-refractivity contribution < 1.29 is 32.9 Å². The first-order valence-electron chi connectivity index (χ1n) is 25.0. The van der Waals surface area contributed by atoms with Crippen LogP contribution in [0.5, 0.6) is 0 Å². The van der Waals surface area contributed by atoms with Crippen molar-refractivity contribution in [1.29, 1.82) is 0 Å². The molecule has 0 spiro atoms. The van der Waals surface area contributed by atoms with Gasteiger partial charge in [0.2, 0.25) is 5.91 Å². The van der Waals surface area contributed by atoms with Gasteiger partial charge in [-0.2, -0.15) is 0 Å². The summed E-state index contributed by atoms with van der Waals surface area (Å²) in [6.45, 7) is 4.74. The van der Waals surface area contributed by atoms with Gasteiger partial charge in [-0.15, -0.1) is 0 Å². The highest BCUT2D eigenvalue weighted by Crippen LogP contribution is 2.38. The van der Waals surface area contributed by atoms with Crippen LogP contribution in [0.3, 0.4) is 0 Å². The Morgan fingerprint density at radius 1 is 0.586 bits per heavy atom. The lowest BCUT2D eigenvalue weighted by Gasteiger charge is -2.30. The zero-order valence-electron chi connectivity index (χ0n) is 39.3. The molecule has 0 aromatic heterocycles. The Kier molecular flexibility index (Phi) is 41.0. The topological polar surface area (TPSA) is 108 Å². The first-order chi connectivity index (χ1) is 28.0. The zero-order valence-corrected chi connectivity index (χ0v) is 40.2. The summed E-state index contributed by atoms with van der Waals surface area (Å²) in [5, 5.41) is 14.0. The minimum absolute atomic E-state index is 0.0143. The molecule has 0 radical (unpaired) electrons. The Hall–Kier alpha value is -0.760. The van der Waals surface area contributed by atoms with E-state index in [1.54, 1.807) is 0 Å². The van der Waals surface area contributed by atoms with Crippen LogP contribution in [0.4, 0.5) is 0 Å². The third-order valence-electron chi connectivity index (χ3n) is 11.5. The highest BCUT2D eigenvalue weighted by atomic mass is 31.2. The molecule has 0 aliphatic carbocycles. The third-order valence-corrected chi connectivity index (χ3v) is 12.5. The lowest BCUT2D eigenvalue weighted by atomic mass is 10.0. The lowest BCUT2D eigenvalue weighted by molar-refractivity contribution is -0.870. The molecule has 0 saturated heterocycles. The maximum Gasteiger partial charge on any atom is 0.268 e. The number of nitrogens with zero attached hydrogens (tertiary/aromatic N) is 1. The SMILES string of the molecule is CCCCCCCC/C=C\CCCCCCCCCCCCCC(=O)N[C@@H](COP(=O)([O-])OCC[N+](C)(C)C)[C@H](O)CCCCCCCCCCCCCCCCC. The van der Waals surface area contributed by atoms with E-state index in [1.165, 1.54) is 180 Å². The van der Waals surface area contributed by atoms with Gasteiger partial charge < -0.3 is 28.8 Å². The molecule has 8 nitrogen and oxygen atoms in total. The molecule has 58 heavy (non-hydrogen) atoms. The summed E-state index contributed by atoms with van der Waals surface area (Å²) >= 11 is 0. The van der Waals surface area contributed by atoms with Gasteiger partial charge in [-0.25, -0.2) is 0 Å². The molecule has 0 aliphatic heterocycles. The molecule has 0 rings (SSSR count). The molecule has 0 fully saturated rings. The van der Waals surface area contributed by atoms with Gasteiger partial charge in [-0.3, -0.25) is 9.36 Å². The van der Waals surface area contributed by atoms with Crippen LogP contribution in [0.15, 0.2) is 12.2 Å². The maximum absolute atomic E-state index is 12.9. The molecule has 9 heteroatoms. The zero-order chi connectivity index (χ0) is 42.8. The standard InChI is InChI=1S/C49H99N2O6P/c1-6-8-10-12-14-16-18-20-22-23-24-25-26-27-29-31-33-35-37-39-41-43-49(53)50-47(46-57-58(54,55)56-45-44-51(3,4)5)48(52)42-40-38-36-34-32-30-28-21-19-17-15-13-11-9-7-2/h20,22,47-48,52H,6-19,21,23-46H2,1-5H3,(H-,50,53,54,55)/b22-20-/t47-,48+/m0/s1. The number of aliphatic hydroxyl groups is 1. The van der Waals surface area contributed by atoms with Crippen molar-refractivity contribution in [3.05, 3.63) is 12.2 Å². The number of quaternary nitrogens is 1. The number of rotatable bonds is 46. The summed E-state index contributed by atoms with van der Waals surface area (Å²) < 4.78 is 23.3. The number of carbonyl (C=O) groups is 1. The van der Waals surface area contributed by atoms with Gasteiger partial charge in [-0.1, -0.05) is 212 Å². The molecule has 0 aromatic rings. The molecule has 346 valence electrons. The lowest BCUT2D eigenvalue weighted by Crippen LogP contribution is -2.46. The summed E-state index contributed by atoms with van der Waals surface area (Å²) in [4.78, 5) is 25.4. The fourth-order valence-electron chi connectivity index (χ4n) is 7.51. The number of hydrogen-bond donors (Lipinski definition) is 2. The summed E-state index contributed by atoms with van der Waals surface area (Å²) in [5.41, 5.74) is 0. The van der Waals surface area contributed by atoms with Crippen molar-refractivity contribution in [2.75, 3.05) is 40.9 Å². The number of carbonyl (C=O) groups excluding carboxylic acids is 1. The van der Waals surface area contributed by atoms with E-state index in [9.17, 15) is 19.4 Å². The van der Waals surface area contributed by atoms with Crippen LogP contribution in [0.25, 0.3) is 0 Å². The molecule has 0 heterocycles. The van der Waals surface area contributed by atoms with E-state index in [0.29, 0.717) is 23.9 Å². The van der Waals surface area contributed by atoms with Crippen LogP contribution in [-0.4, -0.2) is 68.5 Å². The van der Waals surface area contributed by atoms with E-state index in [-0.39, 0.29) is 19.1 Å². The molecular weight excluding hydrogens is 744 g/mol. The first kappa shape index (κ1) is 57.2. The Morgan fingerprint density at radius 2 is 0.948 bits per heavy atom. The number of hydrogen-bond acceptors (Lipinski definition) is 6. The average molecular weight is 843 g/mol. The van der Waals surface area contributed by atoms with Crippen LogP contribution in [0.2, 0.25) is 0 Å². The van der Waals surface area contributed by atoms with Crippen LogP contribution in [0, 0.1) is 0 Å². The predicted molar refractivity (Wildman–Crippen MR) is 247 cm³/mol. The predicted octanol–water partition coefficient (Wildman–Crippen LogP) is 13.7. The Labute approximate surface area is 361 Å². The molecule has 0 aromatic carbocycles. The number of phosphoric ester groups is 1. The second-order valence-corrected chi connectivity index (χ2v) is 19.9. The molecular formula is C49H99N2O6P. The molecule has 0 bridgehead atoms. The largest absolute Gasteiger partial charge is 0.756 e. The van der Waals surface area contributed by atoms with Crippen LogP contribution in [0.1, 0.15) is 245 Å². The van der Waals surface area contributed by atoms with Crippen LogP contribution < -0.4 is 10.2 Å². The minimum Gasteiger partial charge on any atom is -0.756 e. The Bertz CT molecular complexity index is 958. The van der Waals surface area contributed by atoms with Crippen molar-refractivity contribution in [2.45, 2.75) is 257 Å². The van der Waals surface area contributed by atoms with Crippen molar-refractivity contribution in [3.63, 3.8) is 0 Å². The van der Waals surface area contributed by atoms with Crippen molar-refractivity contribution >= 4 is 13.7 Å². The van der Waals surface area contributed by atoms with Gasteiger partial charge in [-0.05, 0) is 38.5 Å². The minimum atomic E-state index is -4.56. The number of aliphatic hydroxyl groups excluding tert-OH is 1. The van der Waals surface area contributed by atoms with E-state index in [0.717, 1.165) is 38.5 Å². The maximum atomic E-state index is 12.9. The van der Waals surface area contributed by atoms with Crippen LogP contribution >= 0.6 is 7.82 Å². The molecule has 0 aliphatic rings. The highest BCUT2D eigenvalue weighted by Gasteiger charge is 2.24. The normalized spacial score (nSPS) is 14.3. The summed E-state index contributed by atoms with van der Waals surface area (Å²) in [6.07, 6.45) is 47.9. The molecule has 1 unspecified atom stereocenters. The summed E-state index contributed by atoms with van der Waals surface area (Å²) in [7, 11) is 1.31. The van der Waals surface area contributed by atoms with Gasteiger partial charge in [0.1, 0.15) is 13.2 Å². The molecule has 0 saturated carbocycles. The fourth-order valence-corrected chi connectivity index (χ4v) is 8.23. The number of phosphoric acid groups is 1. The summed E-state index contributed by atoms with van der Waals surface area (Å²) in [6, 6.07) is -0.796. The van der Waals surface area contributed by atoms with Crippen molar-refractivity contribution in [1.82, 2.24) is 5.32 Å². The summed E-state index contributed by atoms with van der Waals surface area (Å²) in [5.74, 6) is -0.163. The molecule has 3 atom stereocenters. The van der Waals surface area contributed by atoms with Gasteiger partial charge in [0.15, 0.2) is 0 Å². The van der Waals surface area contributed by atoms with E-state index in [1.807, 2.05) is 21.1 Å². The van der Waals surface area contributed by atoms with E-state index >= 15 is 0 Å². The fraction of sp³-hybridized carbons (Fsp3) is 0.939. The number of amides is 1. The Morgan fingerprint density at radius 3 is 1.34 bits per heavy atom. The van der Waals surface area contributed by atoms with E-state index in [2.05, 4.69) is 31.3 Å². The third kappa shape index (κ3) is 43.3. The van der Waals surface area contributed by atoms with Crippen molar-refractivity contribution in [3.8, 4) is 0 Å². The quantitative estimate of drug-likeness (QED) is 0.0273. The van der Waals surface area contributed by atoms with Gasteiger partial charge in [0.05, 0.1) is 39.9 Å². The van der Waals surface area contributed by atoms with Crippen LogP contribution in [-0.2, 0) is 18.4 Å². The highest BCUT2D eigenvalue weighted by molar-refractivity contribution is 7.45. The first-order valence-corrected chi connectivity index (χ1v) is 26.5. The average Bonchev–Trinajstić information content (AvgIpc) is 3.17.